The molecule has 0 heterocycles. The number of hydrogen-bond donors (Lipinski definition) is 0. The number of rotatable bonds is 5. The van der Waals surface area contributed by atoms with Crippen LogP contribution in [0.15, 0.2) is 54.7 Å². The van der Waals surface area contributed by atoms with Gasteiger partial charge in [0.25, 0.3) is 5.69 Å². The van der Waals surface area contributed by atoms with Crippen molar-refractivity contribution in [3.05, 3.63) is 86.1 Å². The van der Waals surface area contributed by atoms with Gasteiger partial charge in [0.1, 0.15) is 5.75 Å². The van der Waals surface area contributed by atoms with Gasteiger partial charge < -0.3 is 4.74 Å². The number of benzene rings is 2. The highest BCUT2D eigenvalue weighted by atomic mass is 16.6. The molecule has 0 aliphatic rings. The Balaban J connectivity index is 2.20. The number of non-ortho nitro benzene ring substituents is 1. The van der Waals surface area contributed by atoms with Gasteiger partial charge in [-0.25, -0.2) is 4.79 Å². The average Bonchev–Trinajstić information content (AvgIpc) is 2.54. The predicted molar refractivity (Wildman–Crippen MR) is 80.5 cm³/mol. The maximum Gasteiger partial charge on any atom is 0.343 e. The second-order valence-corrected chi connectivity index (χ2v) is 4.33. The fourth-order valence-corrected chi connectivity index (χ4v) is 1.73. The molecular formula is C15H10N2O6. The van der Waals surface area contributed by atoms with E-state index in [9.17, 15) is 25.0 Å². The van der Waals surface area contributed by atoms with Gasteiger partial charge in [0.2, 0.25) is 6.20 Å². The Morgan fingerprint density at radius 3 is 2.26 bits per heavy atom. The Labute approximate surface area is 129 Å². The van der Waals surface area contributed by atoms with E-state index < -0.39 is 15.8 Å². The van der Waals surface area contributed by atoms with E-state index in [1.807, 2.05) is 0 Å². The first-order valence-corrected chi connectivity index (χ1v) is 6.35. The van der Waals surface area contributed by atoms with Gasteiger partial charge in [-0.15, -0.1) is 0 Å². The minimum Gasteiger partial charge on any atom is -0.422 e. The van der Waals surface area contributed by atoms with Crippen molar-refractivity contribution in [2.45, 2.75) is 0 Å². The summed E-state index contributed by atoms with van der Waals surface area (Å²) in [6.07, 6.45) is 1.94. The van der Waals surface area contributed by atoms with Crippen molar-refractivity contribution < 1.29 is 19.4 Å². The summed E-state index contributed by atoms with van der Waals surface area (Å²) < 4.78 is 5.18. The zero-order valence-electron chi connectivity index (χ0n) is 11.6. The summed E-state index contributed by atoms with van der Waals surface area (Å²) >= 11 is 0. The highest BCUT2D eigenvalue weighted by Gasteiger charge is 2.13. The van der Waals surface area contributed by atoms with Crippen molar-refractivity contribution >= 4 is 17.7 Å². The zero-order chi connectivity index (χ0) is 16.8. The Morgan fingerprint density at radius 2 is 1.65 bits per heavy atom. The van der Waals surface area contributed by atoms with Crippen LogP contribution in [0.3, 0.4) is 0 Å². The van der Waals surface area contributed by atoms with Crippen molar-refractivity contribution in [3.63, 3.8) is 0 Å². The number of nitro groups is 2. The van der Waals surface area contributed by atoms with Crippen LogP contribution in [0.25, 0.3) is 6.08 Å². The largest absolute Gasteiger partial charge is 0.422 e. The molecule has 0 unspecified atom stereocenters. The Hall–Kier alpha value is -3.55. The maximum atomic E-state index is 12.0. The lowest BCUT2D eigenvalue weighted by molar-refractivity contribution is -0.400. The van der Waals surface area contributed by atoms with Crippen LogP contribution in [0.2, 0.25) is 0 Å². The molecule has 0 aliphatic heterocycles. The normalized spacial score (nSPS) is 10.4. The summed E-state index contributed by atoms with van der Waals surface area (Å²) in [4.78, 5) is 31.8. The third-order valence-electron chi connectivity index (χ3n) is 2.81. The van der Waals surface area contributed by atoms with Crippen LogP contribution >= 0.6 is 0 Å². The lowest BCUT2D eigenvalue weighted by atomic mass is 10.2. The van der Waals surface area contributed by atoms with Crippen LogP contribution in [0.1, 0.15) is 15.9 Å². The number of para-hydroxylation sites is 1. The van der Waals surface area contributed by atoms with E-state index in [0.29, 0.717) is 5.56 Å². The SMILES string of the molecule is O=C(Oc1ccccc1C=C[N+](=O)[O-])c1ccc([N+](=O)[O-])cc1. The van der Waals surface area contributed by atoms with E-state index >= 15 is 0 Å². The number of nitrogens with zero attached hydrogens (tertiary/aromatic N) is 2. The molecule has 2 rings (SSSR count). The molecule has 0 atom stereocenters. The molecule has 116 valence electrons. The van der Waals surface area contributed by atoms with E-state index in [1.54, 1.807) is 18.2 Å². The molecule has 0 spiro atoms. The number of carbonyl (C=O) groups excluding carboxylic acids is 1. The van der Waals surface area contributed by atoms with E-state index in [0.717, 1.165) is 6.20 Å². The second-order valence-electron chi connectivity index (χ2n) is 4.33. The summed E-state index contributed by atoms with van der Waals surface area (Å²) in [5.74, 6) is -0.573. The van der Waals surface area contributed by atoms with Crippen molar-refractivity contribution in [3.8, 4) is 5.75 Å². The quantitative estimate of drug-likeness (QED) is 0.363. The van der Waals surface area contributed by atoms with Crippen LogP contribution in [0.4, 0.5) is 5.69 Å². The molecule has 8 nitrogen and oxygen atoms in total. The zero-order valence-corrected chi connectivity index (χ0v) is 11.6. The first kappa shape index (κ1) is 15.8. The third-order valence-corrected chi connectivity index (χ3v) is 2.81. The molecule has 0 bridgehead atoms. The van der Waals surface area contributed by atoms with Crippen LogP contribution < -0.4 is 4.74 Å². The monoisotopic (exact) mass is 314 g/mol. The second kappa shape index (κ2) is 6.94. The molecule has 0 aromatic heterocycles. The Bertz CT molecular complexity index is 783. The van der Waals surface area contributed by atoms with Gasteiger partial charge >= 0.3 is 5.97 Å². The van der Waals surface area contributed by atoms with Gasteiger partial charge in [0.05, 0.1) is 15.4 Å². The molecule has 0 N–H and O–H groups in total. The van der Waals surface area contributed by atoms with Crippen LogP contribution in [0, 0.1) is 20.2 Å². The number of esters is 1. The van der Waals surface area contributed by atoms with Gasteiger partial charge in [-0.1, -0.05) is 18.2 Å². The summed E-state index contributed by atoms with van der Waals surface area (Å²) in [5.41, 5.74) is 0.346. The van der Waals surface area contributed by atoms with Crippen LogP contribution in [0.5, 0.6) is 5.75 Å². The molecule has 0 saturated heterocycles. The molecular weight excluding hydrogens is 304 g/mol. The van der Waals surface area contributed by atoms with E-state index in [-0.39, 0.29) is 17.0 Å². The number of nitro benzene ring substituents is 1. The maximum absolute atomic E-state index is 12.0. The van der Waals surface area contributed by atoms with Crippen LogP contribution in [-0.2, 0) is 0 Å². The molecule has 0 fully saturated rings. The first-order chi connectivity index (χ1) is 11.0. The van der Waals surface area contributed by atoms with Crippen molar-refractivity contribution in [2.24, 2.45) is 0 Å². The molecule has 0 radical (unpaired) electrons. The van der Waals surface area contributed by atoms with E-state index in [1.165, 1.54) is 36.4 Å². The number of carbonyl (C=O) groups is 1. The smallest absolute Gasteiger partial charge is 0.343 e. The average molecular weight is 314 g/mol. The Morgan fingerprint density at radius 1 is 1.00 bits per heavy atom. The lowest BCUT2D eigenvalue weighted by Crippen LogP contribution is -2.09. The molecule has 2 aromatic rings. The predicted octanol–water partition coefficient (Wildman–Crippen LogP) is 3.06. The van der Waals surface area contributed by atoms with Crippen LogP contribution in [-0.4, -0.2) is 15.8 Å². The summed E-state index contributed by atoms with van der Waals surface area (Å²) in [6.45, 7) is 0. The number of hydrogen-bond acceptors (Lipinski definition) is 6. The van der Waals surface area contributed by atoms with E-state index in [4.69, 9.17) is 4.74 Å². The minimum absolute atomic E-state index is 0.128. The first-order valence-electron chi connectivity index (χ1n) is 6.35. The molecule has 0 saturated carbocycles. The third kappa shape index (κ3) is 4.21. The Kier molecular flexibility index (Phi) is 4.78. The topological polar surface area (TPSA) is 113 Å². The van der Waals surface area contributed by atoms with Gasteiger partial charge in [-0.05, 0) is 18.2 Å². The molecule has 0 amide bonds. The summed E-state index contributed by atoms with van der Waals surface area (Å²) in [6, 6.07) is 11.2. The van der Waals surface area contributed by atoms with Gasteiger partial charge in [0, 0.05) is 23.8 Å². The van der Waals surface area contributed by atoms with Gasteiger partial charge in [-0.3, -0.25) is 20.2 Å². The lowest BCUT2D eigenvalue weighted by Gasteiger charge is -2.06. The number of ether oxygens (including phenoxy) is 1. The van der Waals surface area contributed by atoms with Gasteiger partial charge in [-0.2, -0.15) is 0 Å². The molecule has 0 aliphatic carbocycles. The molecule has 23 heavy (non-hydrogen) atoms. The fraction of sp³-hybridized carbons (Fsp3) is 0. The summed E-state index contributed by atoms with van der Waals surface area (Å²) in [5, 5.41) is 20.9. The molecule has 8 heteroatoms. The molecule has 2 aromatic carbocycles. The van der Waals surface area contributed by atoms with E-state index in [2.05, 4.69) is 0 Å². The van der Waals surface area contributed by atoms with Gasteiger partial charge in [0.15, 0.2) is 0 Å². The highest BCUT2D eigenvalue weighted by Crippen LogP contribution is 2.21. The van der Waals surface area contributed by atoms with Crippen molar-refractivity contribution in [1.29, 1.82) is 0 Å². The standard InChI is InChI=1S/C15H10N2O6/c18-15(12-5-7-13(8-6-12)17(21)22)23-14-4-2-1-3-11(14)9-10-16(19)20/h1-10H. The van der Waals surface area contributed by atoms with Crippen molar-refractivity contribution in [1.82, 2.24) is 0 Å². The van der Waals surface area contributed by atoms with Crippen molar-refractivity contribution in [2.75, 3.05) is 0 Å². The summed E-state index contributed by atoms with van der Waals surface area (Å²) in [7, 11) is 0. The fourth-order valence-electron chi connectivity index (χ4n) is 1.73. The highest BCUT2D eigenvalue weighted by molar-refractivity contribution is 5.91. The minimum atomic E-state index is -0.721.